The third-order valence-electron chi connectivity index (χ3n) is 6.44. The molecule has 5 rings (SSSR count). The van der Waals surface area contributed by atoms with Gasteiger partial charge in [-0.15, -0.1) is 0 Å². The Balaban J connectivity index is 1.76. The first-order valence-electron chi connectivity index (χ1n) is 10.8. The van der Waals surface area contributed by atoms with E-state index < -0.39 is 5.41 Å². The normalized spacial score (nSPS) is 17.7. The number of carbonyl (C=O) groups is 1. The molecule has 0 radical (unpaired) electrons. The lowest BCUT2D eigenvalue weighted by atomic mass is 9.60. The van der Waals surface area contributed by atoms with Crippen molar-refractivity contribution in [3.8, 4) is 0 Å². The molecule has 4 aromatic rings. The number of ketones is 1. The lowest BCUT2D eigenvalue weighted by molar-refractivity contribution is -0.119. The van der Waals surface area contributed by atoms with Crippen molar-refractivity contribution in [2.24, 2.45) is 0 Å². The molecule has 4 aromatic carbocycles. The summed E-state index contributed by atoms with van der Waals surface area (Å²) < 4.78 is 0. The molecule has 0 aromatic heterocycles. The van der Waals surface area contributed by atoms with Gasteiger partial charge in [0.05, 0.1) is 5.41 Å². The highest BCUT2D eigenvalue weighted by Crippen LogP contribution is 2.50. The first-order chi connectivity index (χ1) is 15.3. The van der Waals surface area contributed by atoms with Gasteiger partial charge in [0.2, 0.25) is 0 Å². The summed E-state index contributed by atoms with van der Waals surface area (Å²) in [6, 6.07) is 41.4. The van der Waals surface area contributed by atoms with Gasteiger partial charge in [-0.2, -0.15) is 0 Å². The molecule has 0 saturated carbocycles. The lowest BCUT2D eigenvalue weighted by Gasteiger charge is -2.40. The van der Waals surface area contributed by atoms with Crippen LogP contribution in [0.2, 0.25) is 0 Å². The molecule has 0 saturated heterocycles. The van der Waals surface area contributed by atoms with Gasteiger partial charge < -0.3 is 0 Å². The highest BCUT2D eigenvalue weighted by atomic mass is 16.1. The summed E-state index contributed by atoms with van der Waals surface area (Å²) in [5.74, 6) is 0.262. The minimum atomic E-state index is -0.707. The van der Waals surface area contributed by atoms with Crippen LogP contribution in [-0.4, -0.2) is 5.78 Å². The van der Waals surface area contributed by atoms with Crippen LogP contribution in [0.15, 0.2) is 127 Å². The van der Waals surface area contributed by atoms with Crippen LogP contribution < -0.4 is 0 Å². The second-order valence-corrected chi connectivity index (χ2v) is 8.13. The number of hydrogen-bond acceptors (Lipinski definition) is 1. The van der Waals surface area contributed by atoms with Crippen molar-refractivity contribution in [2.45, 2.75) is 17.8 Å². The fourth-order valence-electron chi connectivity index (χ4n) is 4.91. The van der Waals surface area contributed by atoms with E-state index in [-0.39, 0.29) is 11.7 Å². The fraction of sp³-hybridized carbons (Fsp3) is 0.100. The van der Waals surface area contributed by atoms with Crippen molar-refractivity contribution in [1.29, 1.82) is 0 Å². The molecule has 0 N–H and O–H groups in total. The summed E-state index contributed by atoms with van der Waals surface area (Å²) in [7, 11) is 0. The lowest BCUT2D eigenvalue weighted by Crippen LogP contribution is -2.41. The molecule has 0 bridgehead atoms. The predicted octanol–water partition coefficient (Wildman–Crippen LogP) is 6.81. The Morgan fingerprint density at radius 1 is 0.581 bits per heavy atom. The Bertz CT molecular complexity index is 1150. The maximum Gasteiger partial charge on any atom is 0.170 e. The molecular weight excluding hydrogens is 376 g/mol. The molecule has 0 aliphatic heterocycles. The third-order valence-corrected chi connectivity index (χ3v) is 6.44. The van der Waals surface area contributed by atoms with Crippen molar-refractivity contribution < 1.29 is 4.79 Å². The van der Waals surface area contributed by atoms with Gasteiger partial charge in [-0.3, -0.25) is 4.79 Å². The Morgan fingerprint density at radius 2 is 1.03 bits per heavy atom. The first-order valence-corrected chi connectivity index (χ1v) is 10.8. The smallest absolute Gasteiger partial charge is 0.170 e. The van der Waals surface area contributed by atoms with Gasteiger partial charge in [-0.05, 0) is 40.3 Å². The number of benzene rings is 4. The van der Waals surface area contributed by atoms with Gasteiger partial charge in [0, 0.05) is 5.92 Å². The summed E-state index contributed by atoms with van der Waals surface area (Å²) in [5.41, 5.74) is 4.84. The molecular formula is C30H24O. The van der Waals surface area contributed by atoms with Crippen molar-refractivity contribution in [2.75, 3.05) is 0 Å². The van der Waals surface area contributed by atoms with Crippen LogP contribution in [-0.2, 0) is 10.2 Å². The standard InChI is InChI=1S/C30H24O/c31-29-21-27(23-13-5-1-6-14-23)28(24-15-7-2-8-16-24)22-30(29,25-17-9-3-10-18-25)26-19-11-4-12-20-26/h1-21,28H,22H2. The molecule has 1 aliphatic rings. The molecule has 0 heterocycles. The van der Waals surface area contributed by atoms with E-state index in [0.717, 1.165) is 22.3 Å². The summed E-state index contributed by atoms with van der Waals surface area (Å²) in [6.45, 7) is 0. The molecule has 150 valence electrons. The monoisotopic (exact) mass is 400 g/mol. The highest BCUT2D eigenvalue weighted by molar-refractivity contribution is 6.09. The van der Waals surface area contributed by atoms with Gasteiger partial charge in [0.15, 0.2) is 5.78 Å². The zero-order valence-corrected chi connectivity index (χ0v) is 17.3. The van der Waals surface area contributed by atoms with E-state index >= 15 is 0 Å². The van der Waals surface area contributed by atoms with Gasteiger partial charge in [-0.1, -0.05) is 121 Å². The molecule has 1 aliphatic carbocycles. The number of rotatable bonds is 4. The topological polar surface area (TPSA) is 17.1 Å². The molecule has 31 heavy (non-hydrogen) atoms. The Hall–Kier alpha value is -3.71. The van der Waals surface area contributed by atoms with Gasteiger partial charge >= 0.3 is 0 Å². The third kappa shape index (κ3) is 3.43. The summed E-state index contributed by atoms with van der Waals surface area (Å²) >= 11 is 0. The second kappa shape index (κ2) is 8.20. The van der Waals surface area contributed by atoms with Crippen LogP contribution in [0.1, 0.15) is 34.6 Å². The van der Waals surface area contributed by atoms with E-state index in [4.69, 9.17) is 0 Å². The average Bonchev–Trinajstić information content (AvgIpc) is 2.86. The van der Waals surface area contributed by atoms with E-state index in [1.165, 1.54) is 5.56 Å². The van der Waals surface area contributed by atoms with E-state index in [1.807, 2.05) is 66.7 Å². The maximum absolute atomic E-state index is 14.0. The molecule has 1 atom stereocenters. The van der Waals surface area contributed by atoms with E-state index in [9.17, 15) is 4.79 Å². The average molecular weight is 401 g/mol. The van der Waals surface area contributed by atoms with Crippen LogP contribution in [0.25, 0.3) is 5.57 Å². The molecule has 0 amide bonds. The molecule has 1 unspecified atom stereocenters. The van der Waals surface area contributed by atoms with Crippen LogP contribution in [0.3, 0.4) is 0 Å². The Kier molecular flexibility index (Phi) is 5.09. The minimum absolute atomic E-state index is 0.113. The largest absolute Gasteiger partial charge is 0.293 e. The summed E-state index contributed by atoms with van der Waals surface area (Å²) in [4.78, 5) is 14.0. The zero-order valence-electron chi connectivity index (χ0n) is 17.3. The maximum atomic E-state index is 14.0. The van der Waals surface area contributed by atoms with Crippen molar-refractivity contribution in [3.05, 3.63) is 150 Å². The minimum Gasteiger partial charge on any atom is -0.293 e. The molecule has 0 fully saturated rings. The van der Waals surface area contributed by atoms with Crippen molar-refractivity contribution >= 4 is 11.4 Å². The van der Waals surface area contributed by atoms with Crippen molar-refractivity contribution in [3.63, 3.8) is 0 Å². The van der Waals surface area contributed by atoms with Gasteiger partial charge in [-0.25, -0.2) is 0 Å². The summed E-state index contributed by atoms with van der Waals surface area (Å²) in [5, 5.41) is 0. The molecule has 1 heteroatoms. The quantitative estimate of drug-likeness (QED) is 0.368. The second-order valence-electron chi connectivity index (χ2n) is 8.13. The number of allylic oxidation sites excluding steroid dienone is 2. The van der Waals surface area contributed by atoms with Gasteiger partial charge in [0.25, 0.3) is 0 Å². The van der Waals surface area contributed by atoms with Crippen molar-refractivity contribution in [1.82, 2.24) is 0 Å². The molecule has 0 spiro atoms. The van der Waals surface area contributed by atoms with E-state index in [2.05, 4.69) is 60.7 Å². The van der Waals surface area contributed by atoms with Crippen LogP contribution in [0.5, 0.6) is 0 Å². The first kappa shape index (κ1) is 19.3. The summed E-state index contributed by atoms with van der Waals surface area (Å²) in [6.07, 6.45) is 2.60. The van der Waals surface area contributed by atoms with Crippen LogP contribution >= 0.6 is 0 Å². The molecule has 1 nitrogen and oxygen atoms in total. The Morgan fingerprint density at radius 3 is 1.55 bits per heavy atom. The van der Waals surface area contributed by atoms with Gasteiger partial charge in [0.1, 0.15) is 0 Å². The number of carbonyl (C=O) groups excluding carboxylic acids is 1. The zero-order chi connectivity index (χ0) is 21.1. The SMILES string of the molecule is O=C1C=C(c2ccccc2)C(c2ccccc2)CC1(c1ccccc1)c1ccccc1. The van der Waals surface area contributed by atoms with Crippen LogP contribution in [0.4, 0.5) is 0 Å². The van der Waals surface area contributed by atoms with E-state index in [1.54, 1.807) is 0 Å². The fourth-order valence-corrected chi connectivity index (χ4v) is 4.91. The number of hydrogen-bond donors (Lipinski definition) is 0. The van der Waals surface area contributed by atoms with E-state index in [0.29, 0.717) is 6.42 Å². The highest BCUT2D eigenvalue weighted by Gasteiger charge is 2.46. The van der Waals surface area contributed by atoms with Crippen LogP contribution in [0, 0.1) is 0 Å². The predicted molar refractivity (Wildman–Crippen MR) is 127 cm³/mol. The Labute approximate surface area is 183 Å².